The second-order valence-corrected chi connectivity index (χ2v) is 7.78. The van der Waals surface area contributed by atoms with Gasteiger partial charge in [0.15, 0.2) is 0 Å². The molecule has 3 amide bonds. The molecular weight excluding hydrogens is 410 g/mol. The van der Waals surface area contributed by atoms with E-state index in [0.29, 0.717) is 18.5 Å². The van der Waals surface area contributed by atoms with Crippen molar-refractivity contribution in [2.75, 3.05) is 11.5 Å². The quantitative estimate of drug-likeness (QED) is 0.478. The van der Waals surface area contributed by atoms with Crippen LogP contribution in [-0.2, 0) is 19.1 Å². The Morgan fingerprint density at radius 2 is 1.88 bits per heavy atom. The average molecular weight is 437 g/mol. The topological polar surface area (TPSA) is 106 Å². The first kappa shape index (κ1) is 23.1. The molecule has 1 fully saturated rings. The molecule has 1 saturated heterocycles. The monoisotopic (exact) mass is 437 g/mol. The van der Waals surface area contributed by atoms with Crippen molar-refractivity contribution >= 4 is 29.4 Å². The summed E-state index contributed by atoms with van der Waals surface area (Å²) in [5, 5.41) is 2.71. The molecule has 0 saturated carbocycles. The molecule has 168 valence electrons. The zero-order valence-corrected chi connectivity index (χ0v) is 18.2. The number of pyridine rings is 1. The number of ether oxygens (including phenoxy) is 1. The van der Waals surface area contributed by atoms with Crippen LogP contribution in [0.5, 0.6) is 0 Å². The summed E-state index contributed by atoms with van der Waals surface area (Å²) in [5.74, 6) is -2.25. The van der Waals surface area contributed by atoms with Crippen LogP contribution in [0.1, 0.15) is 43.6 Å². The van der Waals surface area contributed by atoms with Crippen molar-refractivity contribution in [2.45, 2.75) is 39.2 Å². The predicted octanol–water partition coefficient (Wildman–Crippen LogP) is 2.74. The van der Waals surface area contributed by atoms with Crippen molar-refractivity contribution in [3.63, 3.8) is 0 Å². The Hall–Kier alpha value is -3.55. The first-order valence-corrected chi connectivity index (χ1v) is 10.7. The summed E-state index contributed by atoms with van der Waals surface area (Å²) in [6.07, 6.45) is 2.51. The number of benzene rings is 1. The second kappa shape index (κ2) is 10.7. The molecule has 1 aliphatic heterocycles. The molecule has 8 nitrogen and oxygen atoms in total. The first-order valence-electron chi connectivity index (χ1n) is 10.7. The Labute approximate surface area is 187 Å². The van der Waals surface area contributed by atoms with Gasteiger partial charge in [-0.3, -0.25) is 24.3 Å². The summed E-state index contributed by atoms with van der Waals surface area (Å²) in [5.41, 5.74) is 0.758. The van der Waals surface area contributed by atoms with Crippen LogP contribution in [0.3, 0.4) is 0 Å². The molecule has 1 unspecified atom stereocenters. The number of hydrogen-bond donors (Lipinski definition) is 1. The Morgan fingerprint density at radius 1 is 1.16 bits per heavy atom. The van der Waals surface area contributed by atoms with Gasteiger partial charge in [-0.05, 0) is 49.9 Å². The summed E-state index contributed by atoms with van der Waals surface area (Å²) < 4.78 is 5.14. The molecule has 32 heavy (non-hydrogen) atoms. The minimum absolute atomic E-state index is 0.130. The number of esters is 1. The largest absolute Gasteiger partial charge is 0.464 e. The van der Waals surface area contributed by atoms with E-state index in [-0.39, 0.29) is 36.5 Å². The summed E-state index contributed by atoms with van der Waals surface area (Å²) in [6.45, 7) is 3.70. The molecule has 3 atom stereocenters. The number of nitrogens with one attached hydrogen (secondary N) is 1. The normalized spacial score (nSPS) is 17.7. The molecular formula is C24H27N3O5. The lowest BCUT2D eigenvalue weighted by Crippen LogP contribution is -2.46. The first-order chi connectivity index (χ1) is 15.4. The van der Waals surface area contributed by atoms with E-state index < -0.39 is 23.8 Å². The average Bonchev–Trinajstić information content (AvgIpc) is 3.09. The zero-order valence-electron chi connectivity index (χ0n) is 18.2. The summed E-state index contributed by atoms with van der Waals surface area (Å²) in [7, 11) is 0. The maximum Gasteiger partial charge on any atom is 0.328 e. The number of carbonyl (C=O) groups excluding carboxylic acids is 4. The van der Waals surface area contributed by atoms with Gasteiger partial charge in [0.2, 0.25) is 11.8 Å². The van der Waals surface area contributed by atoms with Gasteiger partial charge >= 0.3 is 5.97 Å². The highest BCUT2D eigenvalue weighted by atomic mass is 16.5. The highest BCUT2D eigenvalue weighted by Crippen LogP contribution is 2.30. The van der Waals surface area contributed by atoms with E-state index in [4.69, 9.17) is 4.74 Å². The van der Waals surface area contributed by atoms with Gasteiger partial charge in [-0.1, -0.05) is 31.2 Å². The SMILES string of the molecule is CCOC(=O)[C@@H](NC(=O)c1ccccn1)[C@@H](C)CCC1CC(=O)N(c2ccccc2)C1=O. The lowest BCUT2D eigenvalue weighted by molar-refractivity contribution is -0.146. The minimum atomic E-state index is -0.887. The molecule has 1 aliphatic rings. The van der Waals surface area contributed by atoms with Crippen molar-refractivity contribution in [3.05, 3.63) is 60.4 Å². The van der Waals surface area contributed by atoms with Gasteiger partial charge in [0.05, 0.1) is 12.3 Å². The number of imide groups is 1. The standard InChI is InChI=1S/C24H27N3O5/c1-3-32-24(31)21(26-22(29)19-11-7-8-14-25-19)16(2)12-13-17-15-20(28)27(23(17)30)18-9-5-4-6-10-18/h4-11,14,16-17,21H,3,12-13,15H2,1-2H3,(H,26,29)/t16-,17?,21-/m0/s1. The van der Waals surface area contributed by atoms with Crippen LogP contribution < -0.4 is 10.2 Å². The van der Waals surface area contributed by atoms with Gasteiger partial charge in [0.25, 0.3) is 5.91 Å². The van der Waals surface area contributed by atoms with E-state index in [1.807, 2.05) is 13.0 Å². The molecule has 8 heteroatoms. The van der Waals surface area contributed by atoms with E-state index >= 15 is 0 Å². The van der Waals surface area contributed by atoms with Gasteiger partial charge in [-0.2, -0.15) is 0 Å². The molecule has 0 aliphatic carbocycles. The van der Waals surface area contributed by atoms with Crippen molar-refractivity contribution in [1.29, 1.82) is 0 Å². The zero-order chi connectivity index (χ0) is 23.1. The second-order valence-electron chi connectivity index (χ2n) is 7.78. The number of aromatic nitrogens is 1. The highest BCUT2D eigenvalue weighted by molar-refractivity contribution is 6.20. The number of nitrogens with zero attached hydrogens (tertiary/aromatic N) is 2. The Kier molecular flexibility index (Phi) is 7.70. The molecule has 2 heterocycles. The summed E-state index contributed by atoms with van der Waals surface area (Å²) >= 11 is 0. The number of amides is 3. The van der Waals surface area contributed by atoms with Gasteiger partial charge in [-0.25, -0.2) is 4.79 Å². The molecule has 0 spiro atoms. The van der Waals surface area contributed by atoms with E-state index in [0.717, 1.165) is 0 Å². The third-order valence-corrected chi connectivity index (χ3v) is 5.52. The molecule has 1 aromatic carbocycles. The highest BCUT2D eigenvalue weighted by Gasteiger charge is 2.40. The summed E-state index contributed by atoms with van der Waals surface area (Å²) in [6, 6.07) is 12.9. The lowest BCUT2D eigenvalue weighted by atomic mass is 9.90. The number of rotatable bonds is 9. The third kappa shape index (κ3) is 5.38. The Bertz CT molecular complexity index is 964. The number of anilines is 1. The van der Waals surface area contributed by atoms with Gasteiger partial charge in [0, 0.05) is 18.5 Å². The van der Waals surface area contributed by atoms with Gasteiger partial charge < -0.3 is 10.1 Å². The number of hydrogen-bond acceptors (Lipinski definition) is 6. The van der Waals surface area contributed by atoms with Crippen LogP contribution in [0.2, 0.25) is 0 Å². The molecule has 1 aromatic heterocycles. The van der Waals surface area contributed by atoms with Crippen LogP contribution in [0, 0.1) is 11.8 Å². The maximum atomic E-state index is 12.8. The molecule has 0 bridgehead atoms. The van der Waals surface area contributed by atoms with E-state index in [9.17, 15) is 19.2 Å². The van der Waals surface area contributed by atoms with E-state index in [1.165, 1.54) is 11.1 Å². The van der Waals surface area contributed by atoms with Gasteiger partial charge in [-0.15, -0.1) is 0 Å². The molecule has 3 rings (SSSR count). The third-order valence-electron chi connectivity index (χ3n) is 5.52. The molecule has 0 radical (unpaired) electrons. The van der Waals surface area contributed by atoms with Crippen LogP contribution in [0.4, 0.5) is 5.69 Å². The van der Waals surface area contributed by atoms with Crippen molar-refractivity contribution in [3.8, 4) is 0 Å². The van der Waals surface area contributed by atoms with E-state index in [1.54, 1.807) is 49.4 Å². The lowest BCUT2D eigenvalue weighted by Gasteiger charge is -2.24. The molecule has 2 aromatic rings. The van der Waals surface area contributed by atoms with Crippen LogP contribution in [0.15, 0.2) is 54.7 Å². The number of carbonyl (C=O) groups is 4. The fourth-order valence-corrected chi connectivity index (χ4v) is 3.78. The summed E-state index contributed by atoms with van der Waals surface area (Å²) in [4.78, 5) is 55.6. The van der Waals surface area contributed by atoms with Crippen LogP contribution >= 0.6 is 0 Å². The van der Waals surface area contributed by atoms with Crippen molar-refractivity contribution < 1.29 is 23.9 Å². The number of para-hydroxylation sites is 1. The smallest absolute Gasteiger partial charge is 0.328 e. The maximum absolute atomic E-state index is 12.8. The molecule has 1 N–H and O–H groups in total. The van der Waals surface area contributed by atoms with Crippen molar-refractivity contribution in [2.24, 2.45) is 11.8 Å². The predicted molar refractivity (Wildman–Crippen MR) is 118 cm³/mol. The van der Waals surface area contributed by atoms with E-state index in [2.05, 4.69) is 10.3 Å². The Morgan fingerprint density at radius 3 is 2.53 bits per heavy atom. The fourth-order valence-electron chi connectivity index (χ4n) is 3.78. The fraction of sp³-hybridized carbons (Fsp3) is 0.375. The minimum Gasteiger partial charge on any atom is -0.464 e. The van der Waals surface area contributed by atoms with Crippen LogP contribution in [0.25, 0.3) is 0 Å². The van der Waals surface area contributed by atoms with Crippen LogP contribution in [-0.4, -0.2) is 41.3 Å². The Balaban J connectivity index is 1.65. The van der Waals surface area contributed by atoms with Crippen molar-refractivity contribution in [1.82, 2.24) is 10.3 Å². The van der Waals surface area contributed by atoms with Gasteiger partial charge in [0.1, 0.15) is 11.7 Å².